The van der Waals surface area contributed by atoms with Crippen LogP contribution >= 0.6 is 0 Å². The number of aryl methyl sites for hydroxylation is 2. The highest BCUT2D eigenvalue weighted by atomic mass is 16.2. The van der Waals surface area contributed by atoms with Crippen LogP contribution in [0, 0.1) is 13.8 Å². The van der Waals surface area contributed by atoms with Gasteiger partial charge in [0.1, 0.15) is 11.9 Å². The van der Waals surface area contributed by atoms with Crippen LogP contribution in [0.2, 0.25) is 0 Å². The van der Waals surface area contributed by atoms with Gasteiger partial charge < -0.3 is 5.32 Å². The van der Waals surface area contributed by atoms with E-state index in [1.165, 1.54) is 4.68 Å². The first-order valence-electron chi connectivity index (χ1n) is 6.63. The molecule has 1 aliphatic heterocycles. The largest absolute Gasteiger partial charge is 0.326 e. The molecule has 2 heterocycles. The summed E-state index contributed by atoms with van der Waals surface area (Å²) in [5.74, 6) is 0.462. The Bertz CT molecular complexity index is 705. The van der Waals surface area contributed by atoms with Crippen molar-refractivity contribution >= 4 is 23.5 Å². The number of nitrogens with zero attached hydrogens (tertiary/aromatic N) is 3. The third kappa shape index (κ3) is 2.62. The van der Waals surface area contributed by atoms with E-state index in [0.717, 1.165) is 5.56 Å². The molecule has 1 aromatic heterocycles. The average molecular weight is 285 g/mol. The van der Waals surface area contributed by atoms with E-state index in [-0.39, 0.29) is 18.2 Å². The maximum Gasteiger partial charge on any atom is 0.252 e. The molecule has 0 radical (unpaired) electrons. The molecule has 2 amide bonds. The van der Waals surface area contributed by atoms with Crippen LogP contribution in [0.15, 0.2) is 24.3 Å². The third-order valence-corrected chi connectivity index (χ3v) is 3.28. The number of carbonyl (C=O) groups excluding carboxylic acids is 2. The normalized spacial score (nSPS) is 16.5. The number of nitrogens with one attached hydrogen (secondary N) is 2. The van der Waals surface area contributed by atoms with Crippen molar-refractivity contribution in [2.45, 2.75) is 26.3 Å². The molecule has 7 heteroatoms. The van der Waals surface area contributed by atoms with E-state index >= 15 is 0 Å². The first kappa shape index (κ1) is 13.3. The number of hydrogen-bond acceptors (Lipinski definition) is 4. The number of anilines is 2. The summed E-state index contributed by atoms with van der Waals surface area (Å²) < 4.78 is 1.46. The molecule has 1 aromatic carbocycles. The van der Waals surface area contributed by atoms with Crippen LogP contribution in [0.1, 0.15) is 23.9 Å². The number of aromatic nitrogens is 3. The summed E-state index contributed by atoms with van der Waals surface area (Å²) in [6.45, 7) is 3.71. The summed E-state index contributed by atoms with van der Waals surface area (Å²) in [6.07, 6.45) is 0.0233. The Balaban J connectivity index is 1.70. The number of benzene rings is 1. The molecule has 0 unspecified atom stereocenters. The summed E-state index contributed by atoms with van der Waals surface area (Å²) >= 11 is 0. The Morgan fingerprint density at radius 3 is 2.76 bits per heavy atom. The molecular formula is C14H15N5O2. The summed E-state index contributed by atoms with van der Waals surface area (Å²) in [4.78, 5) is 28.0. The second-order valence-electron chi connectivity index (χ2n) is 5.05. The van der Waals surface area contributed by atoms with Crippen molar-refractivity contribution in [2.24, 2.45) is 0 Å². The molecule has 0 aliphatic carbocycles. The van der Waals surface area contributed by atoms with Crippen LogP contribution in [0.5, 0.6) is 0 Å². The fourth-order valence-electron chi connectivity index (χ4n) is 2.24. The molecule has 3 rings (SSSR count). The van der Waals surface area contributed by atoms with Gasteiger partial charge in [-0.1, -0.05) is 17.7 Å². The van der Waals surface area contributed by atoms with Gasteiger partial charge in [-0.2, -0.15) is 10.1 Å². The van der Waals surface area contributed by atoms with Crippen molar-refractivity contribution in [3.63, 3.8) is 0 Å². The quantitative estimate of drug-likeness (QED) is 0.892. The Morgan fingerprint density at radius 1 is 1.33 bits per heavy atom. The van der Waals surface area contributed by atoms with Gasteiger partial charge >= 0.3 is 0 Å². The molecule has 7 nitrogen and oxygen atoms in total. The van der Waals surface area contributed by atoms with Gasteiger partial charge in [-0.3, -0.25) is 14.9 Å². The lowest BCUT2D eigenvalue weighted by Crippen LogP contribution is -2.23. The summed E-state index contributed by atoms with van der Waals surface area (Å²) in [5.41, 5.74) is 1.82. The Kier molecular flexibility index (Phi) is 3.17. The highest BCUT2D eigenvalue weighted by Gasteiger charge is 2.34. The first-order valence-corrected chi connectivity index (χ1v) is 6.63. The van der Waals surface area contributed by atoms with Crippen molar-refractivity contribution in [1.82, 2.24) is 14.8 Å². The molecule has 108 valence electrons. The first-order chi connectivity index (χ1) is 10.0. The summed E-state index contributed by atoms with van der Waals surface area (Å²) in [6, 6.07) is 6.83. The van der Waals surface area contributed by atoms with Gasteiger partial charge in [-0.25, -0.2) is 4.68 Å². The van der Waals surface area contributed by atoms with Gasteiger partial charge in [0.15, 0.2) is 0 Å². The monoisotopic (exact) mass is 285 g/mol. The number of carbonyl (C=O) groups is 2. The lowest BCUT2D eigenvalue weighted by Gasteiger charge is -2.09. The van der Waals surface area contributed by atoms with Crippen LogP contribution in [0.4, 0.5) is 11.6 Å². The minimum atomic E-state index is -0.647. The molecular weight excluding hydrogens is 270 g/mol. The van der Waals surface area contributed by atoms with Gasteiger partial charge in [0.05, 0.1) is 6.42 Å². The van der Waals surface area contributed by atoms with Gasteiger partial charge in [0.25, 0.3) is 5.91 Å². The SMILES string of the molecule is Cc1ccc(NC(=O)C[C@H]2C(=O)Nc3nc(C)nn32)cc1. The number of hydrogen-bond donors (Lipinski definition) is 2. The van der Waals surface area contributed by atoms with E-state index in [0.29, 0.717) is 17.5 Å². The molecule has 2 aromatic rings. The molecule has 0 bridgehead atoms. The molecule has 0 saturated heterocycles. The lowest BCUT2D eigenvalue weighted by atomic mass is 10.2. The Morgan fingerprint density at radius 2 is 2.05 bits per heavy atom. The van der Waals surface area contributed by atoms with Gasteiger partial charge in [-0.05, 0) is 26.0 Å². The molecule has 1 atom stereocenters. The lowest BCUT2D eigenvalue weighted by molar-refractivity contribution is -0.123. The highest BCUT2D eigenvalue weighted by molar-refractivity contribution is 6.00. The van der Waals surface area contributed by atoms with Crippen LogP contribution in [-0.4, -0.2) is 26.6 Å². The predicted molar refractivity (Wildman–Crippen MR) is 76.9 cm³/mol. The number of amides is 2. The fraction of sp³-hybridized carbons (Fsp3) is 0.286. The van der Waals surface area contributed by atoms with E-state index in [1.54, 1.807) is 6.92 Å². The van der Waals surface area contributed by atoms with Crippen molar-refractivity contribution < 1.29 is 9.59 Å². The van der Waals surface area contributed by atoms with E-state index in [2.05, 4.69) is 20.7 Å². The van der Waals surface area contributed by atoms with Crippen molar-refractivity contribution in [3.8, 4) is 0 Å². The average Bonchev–Trinajstić information content (AvgIpc) is 2.90. The molecule has 21 heavy (non-hydrogen) atoms. The smallest absolute Gasteiger partial charge is 0.252 e. The van der Waals surface area contributed by atoms with E-state index < -0.39 is 6.04 Å². The van der Waals surface area contributed by atoms with Crippen molar-refractivity contribution in [1.29, 1.82) is 0 Å². The molecule has 0 spiro atoms. The number of rotatable bonds is 3. The van der Waals surface area contributed by atoms with Crippen LogP contribution in [-0.2, 0) is 9.59 Å². The van der Waals surface area contributed by atoms with Crippen molar-refractivity contribution in [3.05, 3.63) is 35.7 Å². The second kappa shape index (κ2) is 5.01. The summed E-state index contributed by atoms with van der Waals surface area (Å²) in [7, 11) is 0. The third-order valence-electron chi connectivity index (χ3n) is 3.28. The van der Waals surface area contributed by atoms with E-state index in [4.69, 9.17) is 0 Å². The van der Waals surface area contributed by atoms with Crippen LogP contribution in [0.3, 0.4) is 0 Å². The predicted octanol–water partition coefficient (Wildman–Crippen LogP) is 1.42. The number of fused-ring (bicyclic) bond motifs is 1. The minimum Gasteiger partial charge on any atom is -0.326 e. The zero-order chi connectivity index (χ0) is 15.0. The maximum absolute atomic E-state index is 12.1. The fourth-order valence-corrected chi connectivity index (χ4v) is 2.24. The molecule has 2 N–H and O–H groups in total. The highest BCUT2D eigenvalue weighted by Crippen LogP contribution is 2.25. The zero-order valence-corrected chi connectivity index (χ0v) is 11.8. The molecule has 1 aliphatic rings. The van der Waals surface area contributed by atoms with Gasteiger partial charge in [-0.15, -0.1) is 0 Å². The topological polar surface area (TPSA) is 88.9 Å². The van der Waals surface area contributed by atoms with E-state index in [9.17, 15) is 9.59 Å². The van der Waals surface area contributed by atoms with E-state index in [1.807, 2.05) is 31.2 Å². The standard InChI is InChI=1S/C14H15N5O2/c1-8-3-5-10(6-4-8)16-12(20)7-11-13(21)17-14-15-9(2)18-19(11)14/h3-6,11H,7H2,1-2H3,(H,16,20)(H,15,17,18,21)/t11-/m0/s1. The van der Waals surface area contributed by atoms with Gasteiger partial charge in [0.2, 0.25) is 11.9 Å². The zero-order valence-electron chi connectivity index (χ0n) is 11.8. The molecule has 0 fully saturated rings. The minimum absolute atomic E-state index is 0.0233. The maximum atomic E-state index is 12.1. The Labute approximate surface area is 121 Å². The Hall–Kier alpha value is -2.70. The van der Waals surface area contributed by atoms with Gasteiger partial charge in [0, 0.05) is 5.69 Å². The van der Waals surface area contributed by atoms with Crippen LogP contribution < -0.4 is 10.6 Å². The van der Waals surface area contributed by atoms with Crippen molar-refractivity contribution in [2.75, 3.05) is 10.6 Å². The molecule has 0 saturated carbocycles. The second-order valence-corrected chi connectivity index (χ2v) is 5.05. The van der Waals surface area contributed by atoms with Crippen LogP contribution in [0.25, 0.3) is 0 Å². The summed E-state index contributed by atoms with van der Waals surface area (Å²) in [5, 5.41) is 9.53.